The van der Waals surface area contributed by atoms with E-state index in [9.17, 15) is 14.4 Å². The van der Waals surface area contributed by atoms with Crippen molar-refractivity contribution >= 4 is 34.2 Å². The highest BCUT2D eigenvalue weighted by molar-refractivity contribution is 6.07. The smallest absolute Gasteiger partial charge is 0.249 e. The largest absolute Gasteiger partial charge is 0.366 e. The molecule has 0 fully saturated rings. The van der Waals surface area contributed by atoms with Crippen LogP contribution in [0.15, 0.2) is 60.7 Å². The highest BCUT2D eigenvalue weighted by Crippen LogP contribution is 2.31. The fourth-order valence-corrected chi connectivity index (χ4v) is 4.34. The van der Waals surface area contributed by atoms with Crippen molar-refractivity contribution in [1.29, 1.82) is 0 Å². The zero-order valence-corrected chi connectivity index (χ0v) is 18.8. The first-order valence-corrected chi connectivity index (χ1v) is 11.1. The van der Waals surface area contributed by atoms with E-state index in [1.165, 1.54) is 0 Å². The molecule has 0 radical (unpaired) electrons. The third-order valence-electron chi connectivity index (χ3n) is 6.30. The summed E-state index contributed by atoms with van der Waals surface area (Å²) in [7, 11) is 1.71. The van der Waals surface area contributed by atoms with Crippen molar-refractivity contribution in [3.63, 3.8) is 0 Å². The van der Waals surface area contributed by atoms with Crippen LogP contribution < -0.4 is 21.3 Å². The molecule has 33 heavy (non-hydrogen) atoms. The van der Waals surface area contributed by atoms with Crippen molar-refractivity contribution in [2.24, 2.45) is 5.73 Å². The number of carbonyl (C=O) groups excluding carboxylic acids is 3. The van der Waals surface area contributed by atoms with Crippen LogP contribution in [0.5, 0.6) is 0 Å². The van der Waals surface area contributed by atoms with E-state index in [1.54, 1.807) is 31.0 Å². The maximum absolute atomic E-state index is 13.7. The molecule has 7 heteroatoms. The zero-order chi connectivity index (χ0) is 23.5. The number of hydrogen-bond acceptors (Lipinski definition) is 4. The second kappa shape index (κ2) is 9.42. The molecule has 0 aromatic heterocycles. The fourth-order valence-electron chi connectivity index (χ4n) is 4.34. The van der Waals surface area contributed by atoms with Crippen molar-refractivity contribution < 1.29 is 14.4 Å². The van der Waals surface area contributed by atoms with Gasteiger partial charge in [0.25, 0.3) is 0 Å². The average molecular weight is 445 g/mol. The topological polar surface area (TPSA) is 105 Å². The van der Waals surface area contributed by atoms with E-state index in [1.807, 2.05) is 48.5 Å². The number of primary amides is 1. The first-order chi connectivity index (χ1) is 15.9. The molecule has 7 nitrogen and oxygen atoms in total. The molecule has 0 aliphatic carbocycles. The van der Waals surface area contributed by atoms with Gasteiger partial charge in [-0.15, -0.1) is 0 Å². The van der Waals surface area contributed by atoms with Crippen molar-refractivity contribution in [1.82, 2.24) is 10.6 Å². The van der Waals surface area contributed by atoms with E-state index < -0.39 is 18.0 Å². The number of benzene rings is 3. The molecule has 170 valence electrons. The van der Waals surface area contributed by atoms with Crippen LogP contribution in [0.4, 0.5) is 5.69 Å². The third-order valence-corrected chi connectivity index (χ3v) is 6.30. The van der Waals surface area contributed by atoms with Crippen LogP contribution >= 0.6 is 0 Å². The van der Waals surface area contributed by atoms with E-state index in [0.717, 1.165) is 27.6 Å². The van der Waals surface area contributed by atoms with Crippen molar-refractivity contribution in [3.8, 4) is 0 Å². The quantitative estimate of drug-likeness (QED) is 0.543. The Morgan fingerprint density at radius 3 is 2.55 bits per heavy atom. The molecule has 1 heterocycles. The Kier molecular flexibility index (Phi) is 6.42. The molecule has 0 saturated heterocycles. The van der Waals surface area contributed by atoms with Crippen LogP contribution in [0.25, 0.3) is 10.8 Å². The molecule has 1 aliphatic rings. The minimum absolute atomic E-state index is 0.153. The Hall–Kier alpha value is -3.71. The lowest BCUT2D eigenvalue weighted by Crippen LogP contribution is -2.52. The number of para-hydroxylation sites is 1. The van der Waals surface area contributed by atoms with Crippen LogP contribution in [0, 0.1) is 0 Å². The lowest BCUT2D eigenvalue weighted by molar-refractivity contribution is -0.128. The van der Waals surface area contributed by atoms with Gasteiger partial charge in [0.2, 0.25) is 17.7 Å². The van der Waals surface area contributed by atoms with Crippen LogP contribution in [0.3, 0.4) is 0 Å². The molecule has 0 unspecified atom stereocenters. The van der Waals surface area contributed by atoms with Crippen molar-refractivity contribution in [2.45, 2.75) is 38.4 Å². The van der Waals surface area contributed by atoms with Gasteiger partial charge in [-0.2, -0.15) is 0 Å². The molecule has 3 amide bonds. The molecule has 3 aromatic carbocycles. The van der Waals surface area contributed by atoms with E-state index >= 15 is 0 Å². The normalized spacial score (nSPS) is 16.7. The molecule has 2 atom stereocenters. The van der Waals surface area contributed by atoms with Gasteiger partial charge < -0.3 is 21.3 Å². The Balaban J connectivity index is 1.74. The molecule has 0 bridgehead atoms. The maximum atomic E-state index is 13.7. The number of fused-ring (bicyclic) bond motifs is 2. The Bertz CT molecular complexity index is 1220. The second-order valence-electron chi connectivity index (χ2n) is 8.35. The number of anilines is 1. The number of likely N-dealkylation sites (N-methyl/N-ethyl adjacent to an activating group) is 1. The number of amides is 3. The number of nitrogens with one attached hydrogen (secondary N) is 2. The van der Waals surface area contributed by atoms with Crippen LogP contribution in [-0.4, -0.2) is 36.9 Å². The molecule has 4 N–H and O–H groups in total. The highest BCUT2D eigenvalue weighted by atomic mass is 16.2. The number of nitrogens with two attached hydrogens (primary N) is 1. The minimum Gasteiger partial charge on any atom is -0.366 e. The fraction of sp³-hybridized carbons (Fsp3) is 0.269. The molecule has 0 spiro atoms. The standard InChI is InChI=1S/C26H28N4O3/c1-16(28-2)25(32)29-22-14-13-17-7-3-4-12-23(17)30(26(22)33)15-18-8-5-10-20-19(18)9-6-11-21(20)24(27)31/h3-12,16,22,28H,13-15H2,1-2H3,(H2,27,31)(H,29,32)/t16-,22-/m0/s1. The number of nitrogens with zero attached hydrogens (tertiary/aromatic N) is 1. The Labute approximate surface area is 192 Å². The predicted molar refractivity (Wildman–Crippen MR) is 129 cm³/mol. The summed E-state index contributed by atoms with van der Waals surface area (Å²) in [6.45, 7) is 2.07. The number of carbonyl (C=O) groups is 3. The van der Waals surface area contributed by atoms with Gasteiger partial charge in [0, 0.05) is 11.3 Å². The van der Waals surface area contributed by atoms with Gasteiger partial charge in [0.05, 0.1) is 12.6 Å². The Morgan fingerprint density at radius 1 is 1.06 bits per heavy atom. The van der Waals surface area contributed by atoms with Gasteiger partial charge in [0.1, 0.15) is 6.04 Å². The molecular weight excluding hydrogens is 416 g/mol. The Morgan fingerprint density at radius 2 is 1.79 bits per heavy atom. The van der Waals surface area contributed by atoms with Gasteiger partial charge in [-0.25, -0.2) is 0 Å². The monoisotopic (exact) mass is 444 g/mol. The van der Waals surface area contributed by atoms with Crippen LogP contribution in [0.1, 0.15) is 34.8 Å². The number of aryl methyl sites for hydroxylation is 1. The average Bonchev–Trinajstić information content (AvgIpc) is 2.95. The molecule has 3 aromatic rings. The highest BCUT2D eigenvalue weighted by Gasteiger charge is 2.32. The van der Waals surface area contributed by atoms with Crippen LogP contribution in [0.2, 0.25) is 0 Å². The first kappa shape index (κ1) is 22.5. The maximum Gasteiger partial charge on any atom is 0.249 e. The lowest BCUT2D eigenvalue weighted by Gasteiger charge is -2.27. The number of rotatable bonds is 6. The summed E-state index contributed by atoms with van der Waals surface area (Å²) in [4.78, 5) is 39.9. The van der Waals surface area contributed by atoms with Crippen molar-refractivity contribution in [2.75, 3.05) is 11.9 Å². The summed E-state index contributed by atoms with van der Waals surface area (Å²) in [5.74, 6) is -0.854. The second-order valence-corrected chi connectivity index (χ2v) is 8.35. The summed E-state index contributed by atoms with van der Waals surface area (Å²) >= 11 is 0. The molecular formula is C26H28N4O3. The predicted octanol–water partition coefficient (Wildman–Crippen LogP) is 2.51. The van der Waals surface area contributed by atoms with E-state index in [2.05, 4.69) is 10.6 Å². The summed E-state index contributed by atoms with van der Waals surface area (Å²) in [6, 6.07) is 17.9. The minimum atomic E-state index is -0.628. The summed E-state index contributed by atoms with van der Waals surface area (Å²) in [5, 5.41) is 7.45. The van der Waals surface area contributed by atoms with Crippen LogP contribution in [-0.2, 0) is 22.6 Å². The zero-order valence-electron chi connectivity index (χ0n) is 18.8. The van der Waals surface area contributed by atoms with Gasteiger partial charge >= 0.3 is 0 Å². The van der Waals surface area contributed by atoms with Gasteiger partial charge in [-0.05, 0) is 60.8 Å². The SMILES string of the molecule is CN[C@@H](C)C(=O)N[C@H]1CCc2ccccc2N(Cc2cccc3c(C(N)=O)cccc23)C1=O. The summed E-state index contributed by atoms with van der Waals surface area (Å²) < 4.78 is 0. The number of hydrogen-bond donors (Lipinski definition) is 3. The summed E-state index contributed by atoms with van der Waals surface area (Å²) in [6.07, 6.45) is 1.20. The van der Waals surface area contributed by atoms with E-state index in [-0.39, 0.29) is 11.8 Å². The molecule has 0 saturated carbocycles. The van der Waals surface area contributed by atoms with E-state index in [4.69, 9.17) is 5.73 Å². The van der Waals surface area contributed by atoms with Gasteiger partial charge in [0.15, 0.2) is 0 Å². The van der Waals surface area contributed by atoms with Gasteiger partial charge in [-0.1, -0.05) is 48.5 Å². The van der Waals surface area contributed by atoms with Gasteiger partial charge in [-0.3, -0.25) is 14.4 Å². The molecule has 4 rings (SSSR count). The lowest BCUT2D eigenvalue weighted by atomic mass is 9.99. The summed E-state index contributed by atoms with van der Waals surface area (Å²) in [5.41, 5.74) is 8.81. The third kappa shape index (κ3) is 4.45. The molecule has 1 aliphatic heterocycles. The first-order valence-electron chi connectivity index (χ1n) is 11.1. The van der Waals surface area contributed by atoms with E-state index in [0.29, 0.717) is 24.9 Å². The van der Waals surface area contributed by atoms with Crippen molar-refractivity contribution in [3.05, 3.63) is 77.4 Å².